The van der Waals surface area contributed by atoms with Gasteiger partial charge in [0.25, 0.3) is 0 Å². The van der Waals surface area contributed by atoms with Crippen molar-refractivity contribution < 1.29 is 4.74 Å². The molecule has 0 saturated carbocycles. The third kappa shape index (κ3) is 3.52. The van der Waals surface area contributed by atoms with Crippen molar-refractivity contribution in [1.29, 1.82) is 0 Å². The van der Waals surface area contributed by atoms with Gasteiger partial charge in [-0.15, -0.1) is 21.5 Å². The van der Waals surface area contributed by atoms with Crippen LogP contribution >= 0.6 is 11.3 Å². The van der Waals surface area contributed by atoms with Crippen molar-refractivity contribution in [2.45, 2.75) is 33.4 Å². The topological polar surface area (TPSA) is 47.0 Å². The first-order valence-corrected chi connectivity index (χ1v) is 7.08. The van der Waals surface area contributed by atoms with Gasteiger partial charge in [-0.1, -0.05) is 17.7 Å². The van der Waals surface area contributed by atoms with Gasteiger partial charge in [0, 0.05) is 11.6 Å². The van der Waals surface area contributed by atoms with Crippen LogP contribution in [0.1, 0.15) is 34.1 Å². The summed E-state index contributed by atoms with van der Waals surface area (Å²) in [6, 6.07) is 6.43. The monoisotopic (exact) mass is 277 g/mol. The Kier molecular flexibility index (Phi) is 4.50. The molecule has 1 aromatic heterocycles. The Morgan fingerprint density at radius 3 is 2.74 bits per heavy atom. The minimum Gasteiger partial charge on any atom is -0.496 e. The Bertz CT molecular complexity index is 553. The molecule has 2 rings (SSSR count). The first kappa shape index (κ1) is 14.0. The van der Waals surface area contributed by atoms with E-state index in [2.05, 4.69) is 41.5 Å². The van der Waals surface area contributed by atoms with E-state index in [9.17, 15) is 0 Å². The Hall–Kier alpha value is -1.46. The van der Waals surface area contributed by atoms with Gasteiger partial charge in [-0.05, 0) is 26.8 Å². The first-order valence-electron chi connectivity index (χ1n) is 6.27. The van der Waals surface area contributed by atoms with Crippen LogP contribution in [-0.4, -0.2) is 17.3 Å². The lowest BCUT2D eigenvalue weighted by Gasteiger charge is -2.17. The fraction of sp³-hybridized carbons (Fsp3) is 0.429. The summed E-state index contributed by atoms with van der Waals surface area (Å²) in [6.45, 7) is 6.91. The van der Waals surface area contributed by atoms with E-state index >= 15 is 0 Å². The van der Waals surface area contributed by atoms with Crippen LogP contribution in [0.15, 0.2) is 18.2 Å². The molecule has 0 spiro atoms. The predicted octanol–water partition coefficient (Wildman–Crippen LogP) is 3.01. The van der Waals surface area contributed by atoms with Gasteiger partial charge in [-0.25, -0.2) is 0 Å². The summed E-state index contributed by atoms with van der Waals surface area (Å²) < 4.78 is 5.41. The average molecular weight is 277 g/mol. The number of nitrogens with one attached hydrogen (secondary N) is 1. The zero-order chi connectivity index (χ0) is 13.8. The van der Waals surface area contributed by atoms with E-state index in [0.29, 0.717) is 0 Å². The normalized spacial score (nSPS) is 12.4. The molecular weight excluding hydrogens is 258 g/mol. The van der Waals surface area contributed by atoms with Crippen molar-refractivity contribution in [2.75, 3.05) is 7.11 Å². The summed E-state index contributed by atoms with van der Waals surface area (Å²) in [4.78, 5) is 0. The van der Waals surface area contributed by atoms with Crippen LogP contribution in [0.2, 0.25) is 0 Å². The fourth-order valence-electron chi connectivity index (χ4n) is 1.95. The van der Waals surface area contributed by atoms with Crippen molar-refractivity contribution in [3.05, 3.63) is 39.3 Å². The lowest BCUT2D eigenvalue weighted by Crippen LogP contribution is -2.18. The highest BCUT2D eigenvalue weighted by atomic mass is 32.1. The number of benzene rings is 1. The second kappa shape index (κ2) is 6.12. The van der Waals surface area contributed by atoms with Gasteiger partial charge in [0.1, 0.15) is 15.8 Å². The van der Waals surface area contributed by atoms with Crippen LogP contribution in [0.4, 0.5) is 0 Å². The molecule has 0 aliphatic carbocycles. The minimum atomic E-state index is 0.207. The summed E-state index contributed by atoms with van der Waals surface area (Å²) in [5, 5.41) is 13.6. The molecule has 0 aliphatic heterocycles. The smallest absolute Gasteiger partial charge is 0.131 e. The molecule has 5 heteroatoms. The molecule has 1 unspecified atom stereocenters. The van der Waals surface area contributed by atoms with Crippen LogP contribution in [0, 0.1) is 13.8 Å². The molecule has 0 fully saturated rings. The largest absolute Gasteiger partial charge is 0.496 e. The van der Waals surface area contributed by atoms with Crippen molar-refractivity contribution in [2.24, 2.45) is 0 Å². The van der Waals surface area contributed by atoms with Crippen molar-refractivity contribution in [3.8, 4) is 5.75 Å². The third-order valence-corrected chi connectivity index (χ3v) is 3.82. The second-order valence-corrected chi connectivity index (χ2v) is 5.83. The number of methoxy groups -OCH3 is 1. The first-order chi connectivity index (χ1) is 9.10. The molecule has 1 aromatic carbocycles. The zero-order valence-corrected chi connectivity index (χ0v) is 12.5. The SMILES string of the molecule is COc1ccc(C)cc1C(C)NCc1nnc(C)s1. The standard InChI is InChI=1S/C14H19N3OS/c1-9-5-6-13(18-4)12(7-9)10(2)15-8-14-17-16-11(3)19-14/h5-7,10,15H,8H2,1-4H3. The molecule has 0 saturated heterocycles. The summed E-state index contributed by atoms with van der Waals surface area (Å²) in [5.41, 5.74) is 2.40. The summed E-state index contributed by atoms with van der Waals surface area (Å²) in [5.74, 6) is 0.916. The fourth-order valence-corrected chi connectivity index (χ4v) is 2.61. The highest BCUT2D eigenvalue weighted by Crippen LogP contribution is 2.26. The maximum Gasteiger partial charge on any atom is 0.131 e. The number of aromatic nitrogens is 2. The summed E-state index contributed by atoms with van der Waals surface area (Å²) in [7, 11) is 1.70. The van der Waals surface area contributed by atoms with Crippen LogP contribution in [0.3, 0.4) is 0 Å². The van der Waals surface area contributed by atoms with Gasteiger partial charge in [-0.3, -0.25) is 0 Å². The Balaban J connectivity index is 2.06. The van der Waals surface area contributed by atoms with Gasteiger partial charge < -0.3 is 10.1 Å². The van der Waals surface area contributed by atoms with Gasteiger partial charge in [0.15, 0.2) is 0 Å². The number of nitrogens with zero attached hydrogens (tertiary/aromatic N) is 2. The van der Waals surface area contributed by atoms with E-state index in [0.717, 1.165) is 22.3 Å². The Labute approximate surface area is 117 Å². The molecule has 1 N–H and O–H groups in total. The van der Waals surface area contributed by atoms with E-state index in [1.54, 1.807) is 18.4 Å². The summed E-state index contributed by atoms with van der Waals surface area (Å²) >= 11 is 1.62. The highest BCUT2D eigenvalue weighted by molar-refractivity contribution is 7.11. The average Bonchev–Trinajstić information content (AvgIpc) is 2.81. The molecule has 4 nitrogen and oxygen atoms in total. The molecule has 1 heterocycles. The lowest BCUT2D eigenvalue weighted by atomic mass is 10.0. The number of rotatable bonds is 5. The molecule has 19 heavy (non-hydrogen) atoms. The van der Waals surface area contributed by atoms with Crippen molar-refractivity contribution in [3.63, 3.8) is 0 Å². The zero-order valence-electron chi connectivity index (χ0n) is 11.7. The molecular formula is C14H19N3OS. The second-order valence-electron chi connectivity index (χ2n) is 4.56. The van der Waals surface area contributed by atoms with Crippen LogP contribution < -0.4 is 10.1 Å². The minimum absolute atomic E-state index is 0.207. The predicted molar refractivity (Wildman–Crippen MR) is 77.6 cm³/mol. The lowest BCUT2D eigenvalue weighted by molar-refractivity contribution is 0.401. The number of hydrogen-bond donors (Lipinski definition) is 1. The molecule has 1 atom stereocenters. The maximum atomic E-state index is 5.41. The van der Waals surface area contributed by atoms with Crippen molar-refractivity contribution >= 4 is 11.3 Å². The van der Waals surface area contributed by atoms with Crippen molar-refractivity contribution in [1.82, 2.24) is 15.5 Å². The quantitative estimate of drug-likeness (QED) is 0.912. The van der Waals surface area contributed by atoms with E-state index in [-0.39, 0.29) is 6.04 Å². The highest BCUT2D eigenvalue weighted by Gasteiger charge is 2.12. The number of aryl methyl sites for hydroxylation is 2. The summed E-state index contributed by atoms with van der Waals surface area (Å²) in [6.07, 6.45) is 0. The van der Waals surface area contributed by atoms with E-state index in [1.807, 2.05) is 13.0 Å². The Morgan fingerprint density at radius 1 is 1.32 bits per heavy atom. The van der Waals surface area contributed by atoms with Gasteiger partial charge in [0.05, 0.1) is 13.7 Å². The molecule has 0 aliphatic rings. The van der Waals surface area contributed by atoms with E-state index in [4.69, 9.17) is 4.74 Å². The third-order valence-electron chi connectivity index (χ3n) is 2.98. The Morgan fingerprint density at radius 2 is 2.11 bits per heavy atom. The number of ether oxygens (including phenoxy) is 1. The molecule has 0 amide bonds. The molecule has 0 radical (unpaired) electrons. The van der Waals surface area contributed by atoms with Crippen LogP contribution in [0.25, 0.3) is 0 Å². The van der Waals surface area contributed by atoms with Crippen LogP contribution in [0.5, 0.6) is 5.75 Å². The van der Waals surface area contributed by atoms with Gasteiger partial charge in [-0.2, -0.15) is 0 Å². The maximum absolute atomic E-state index is 5.41. The number of hydrogen-bond acceptors (Lipinski definition) is 5. The molecule has 102 valence electrons. The van der Waals surface area contributed by atoms with Gasteiger partial charge in [0.2, 0.25) is 0 Å². The van der Waals surface area contributed by atoms with E-state index in [1.165, 1.54) is 11.1 Å². The molecule has 0 bridgehead atoms. The molecule has 2 aromatic rings. The van der Waals surface area contributed by atoms with Crippen LogP contribution in [-0.2, 0) is 6.54 Å². The van der Waals surface area contributed by atoms with E-state index < -0.39 is 0 Å². The van der Waals surface area contributed by atoms with Gasteiger partial charge >= 0.3 is 0 Å².